The van der Waals surface area contributed by atoms with Crippen LogP contribution < -0.4 is 15.0 Å². The number of piperazine rings is 1. The summed E-state index contributed by atoms with van der Waals surface area (Å²) < 4.78 is 5.73. The number of rotatable bonds is 7. The monoisotopic (exact) mass is 645 g/mol. The number of likely N-dealkylation sites (N-methyl/N-ethyl adjacent to an activating group) is 1. The first kappa shape index (κ1) is 31.8. The first-order chi connectivity index (χ1) is 23.4. The Morgan fingerprint density at radius 2 is 1.71 bits per heavy atom. The summed E-state index contributed by atoms with van der Waals surface area (Å²) in [5.74, 6) is 0.937. The molecule has 0 bridgehead atoms. The lowest BCUT2D eigenvalue weighted by Crippen LogP contribution is -2.52. The topological polar surface area (TPSA) is 94.1 Å². The summed E-state index contributed by atoms with van der Waals surface area (Å²) in [6, 6.07) is 22.1. The maximum atomic E-state index is 13.6. The van der Waals surface area contributed by atoms with Crippen molar-refractivity contribution in [3.8, 4) is 17.0 Å². The predicted molar refractivity (Wildman–Crippen MR) is 188 cm³/mol. The molecular formula is C38H43N7O3. The van der Waals surface area contributed by atoms with Gasteiger partial charge in [-0.3, -0.25) is 14.5 Å². The van der Waals surface area contributed by atoms with Crippen molar-refractivity contribution in [2.75, 3.05) is 63.6 Å². The van der Waals surface area contributed by atoms with Gasteiger partial charge >= 0.3 is 0 Å². The van der Waals surface area contributed by atoms with Gasteiger partial charge in [-0.15, -0.1) is 0 Å². The summed E-state index contributed by atoms with van der Waals surface area (Å²) in [6.07, 6.45) is 3.93. The molecule has 3 aliphatic heterocycles. The largest absolute Gasteiger partial charge is 0.495 e. The number of hydrogen-bond donors (Lipinski definition) is 1. The first-order valence-electron chi connectivity index (χ1n) is 16.8. The van der Waals surface area contributed by atoms with Gasteiger partial charge < -0.3 is 24.8 Å². The number of aryl methyl sites for hydroxylation is 1. The summed E-state index contributed by atoms with van der Waals surface area (Å²) >= 11 is 0. The van der Waals surface area contributed by atoms with Crippen LogP contribution in [0.5, 0.6) is 5.75 Å². The van der Waals surface area contributed by atoms with E-state index in [9.17, 15) is 9.59 Å². The molecule has 0 unspecified atom stereocenters. The number of nitrogens with zero attached hydrogens (tertiary/aromatic N) is 6. The van der Waals surface area contributed by atoms with E-state index in [2.05, 4.69) is 46.2 Å². The summed E-state index contributed by atoms with van der Waals surface area (Å²) in [7, 11) is 3.78. The van der Waals surface area contributed by atoms with Crippen LogP contribution >= 0.6 is 0 Å². The maximum Gasteiger partial charge on any atom is 0.253 e. The lowest BCUT2D eigenvalue weighted by Gasteiger charge is -2.42. The van der Waals surface area contributed by atoms with Crippen molar-refractivity contribution >= 4 is 29.1 Å². The third-order valence-corrected chi connectivity index (χ3v) is 10.0. The van der Waals surface area contributed by atoms with E-state index in [0.717, 1.165) is 85.7 Å². The summed E-state index contributed by atoms with van der Waals surface area (Å²) in [6.45, 7) is 8.48. The van der Waals surface area contributed by atoms with Gasteiger partial charge in [0, 0.05) is 68.2 Å². The Labute approximate surface area is 282 Å². The van der Waals surface area contributed by atoms with Crippen LogP contribution in [0.15, 0.2) is 72.9 Å². The minimum atomic E-state index is -0.000702. The molecule has 10 heteroatoms. The average molecular weight is 646 g/mol. The Kier molecular flexibility index (Phi) is 9.10. The van der Waals surface area contributed by atoms with Crippen molar-refractivity contribution in [1.29, 1.82) is 0 Å². The minimum absolute atomic E-state index is 0.000702. The van der Waals surface area contributed by atoms with Crippen molar-refractivity contribution < 1.29 is 14.3 Å². The third-order valence-electron chi connectivity index (χ3n) is 10.0. The lowest BCUT2D eigenvalue weighted by atomic mass is 10.0. The Bertz CT molecular complexity index is 1810. The molecule has 7 rings (SSSR count). The van der Waals surface area contributed by atoms with E-state index < -0.39 is 0 Å². The summed E-state index contributed by atoms with van der Waals surface area (Å²) in [5.41, 5.74) is 6.68. The Balaban J connectivity index is 1.08. The molecule has 4 aromatic rings. The van der Waals surface area contributed by atoms with E-state index in [0.29, 0.717) is 35.5 Å². The molecule has 0 atom stereocenters. The molecule has 0 radical (unpaired) electrons. The SMILES string of the molecule is COc1cc(C(=O)N2CCC(N3CCN(C)CC3)CC2)ccc1Nc1ncc2c(n1)-c1ccccc1N(Cc1ccccc1C)C(=O)C2. The molecule has 3 aromatic carbocycles. The van der Waals surface area contributed by atoms with Gasteiger partial charge in [0.15, 0.2) is 0 Å². The minimum Gasteiger partial charge on any atom is -0.495 e. The number of fused-ring (bicyclic) bond motifs is 3. The van der Waals surface area contributed by atoms with Gasteiger partial charge in [-0.1, -0.05) is 42.5 Å². The Hall–Kier alpha value is -4.80. The van der Waals surface area contributed by atoms with Crippen LogP contribution in [0.25, 0.3) is 11.3 Å². The lowest BCUT2D eigenvalue weighted by molar-refractivity contribution is -0.118. The molecule has 0 aliphatic carbocycles. The zero-order chi connectivity index (χ0) is 33.2. The van der Waals surface area contributed by atoms with Crippen molar-refractivity contribution in [2.45, 2.75) is 38.8 Å². The van der Waals surface area contributed by atoms with E-state index in [-0.39, 0.29) is 18.2 Å². The molecule has 1 N–H and O–H groups in total. The number of amides is 2. The number of para-hydroxylation sites is 1. The Morgan fingerprint density at radius 3 is 2.48 bits per heavy atom. The van der Waals surface area contributed by atoms with Crippen LogP contribution in [0.1, 0.15) is 39.9 Å². The highest BCUT2D eigenvalue weighted by Crippen LogP contribution is 2.37. The third kappa shape index (κ3) is 6.50. The molecule has 2 saturated heterocycles. The van der Waals surface area contributed by atoms with Crippen LogP contribution in [-0.2, 0) is 17.8 Å². The molecule has 48 heavy (non-hydrogen) atoms. The number of aromatic nitrogens is 2. The highest BCUT2D eigenvalue weighted by molar-refractivity contribution is 6.02. The number of benzene rings is 3. The number of anilines is 3. The number of nitrogens with one attached hydrogen (secondary N) is 1. The van der Waals surface area contributed by atoms with Gasteiger partial charge in [-0.05, 0) is 62.2 Å². The van der Waals surface area contributed by atoms with Gasteiger partial charge in [0.1, 0.15) is 5.75 Å². The molecular weight excluding hydrogens is 602 g/mol. The van der Waals surface area contributed by atoms with Crippen molar-refractivity contribution in [2.24, 2.45) is 0 Å². The smallest absolute Gasteiger partial charge is 0.253 e. The second-order valence-corrected chi connectivity index (χ2v) is 13.1. The fraction of sp³-hybridized carbons (Fsp3) is 0.368. The molecule has 1 aromatic heterocycles. The fourth-order valence-electron chi connectivity index (χ4n) is 7.11. The molecule has 4 heterocycles. The second kappa shape index (κ2) is 13.7. The quantitative estimate of drug-likeness (QED) is 0.295. The normalized spacial score (nSPS) is 17.4. The predicted octanol–water partition coefficient (Wildman–Crippen LogP) is 5.15. The van der Waals surface area contributed by atoms with E-state index in [1.165, 1.54) is 0 Å². The zero-order valence-corrected chi connectivity index (χ0v) is 28.0. The number of piperidine rings is 1. The Morgan fingerprint density at radius 1 is 0.958 bits per heavy atom. The van der Waals surface area contributed by atoms with Crippen molar-refractivity contribution in [1.82, 2.24) is 24.7 Å². The van der Waals surface area contributed by atoms with E-state index in [4.69, 9.17) is 9.72 Å². The number of carbonyl (C=O) groups is 2. The van der Waals surface area contributed by atoms with Gasteiger partial charge in [0.25, 0.3) is 5.91 Å². The van der Waals surface area contributed by atoms with E-state index in [1.807, 2.05) is 58.3 Å². The van der Waals surface area contributed by atoms with Gasteiger partial charge in [-0.2, -0.15) is 0 Å². The zero-order valence-electron chi connectivity index (χ0n) is 28.0. The maximum absolute atomic E-state index is 13.6. The van der Waals surface area contributed by atoms with Crippen molar-refractivity contribution in [3.05, 3.63) is 95.2 Å². The van der Waals surface area contributed by atoms with Crippen LogP contribution in [0, 0.1) is 6.92 Å². The van der Waals surface area contributed by atoms with Crippen molar-refractivity contribution in [3.63, 3.8) is 0 Å². The molecule has 3 aliphatic rings. The number of methoxy groups -OCH3 is 1. The molecule has 2 fully saturated rings. The highest BCUT2D eigenvalue weighted by atomic mass is 16.5. The van der Waals surface area contributed by atoms with E-state index in [1.54, 1.807) is 19.4 Å². The average Bonchev–Trinajstić information content (AvgIpc) is 3.23. The first-order valence-corrected chi connectivity index (χ1v) is 16.8. The molecule has 248 valence electrons. The summed E-state index contributed by atoms with van der Waals surface area (Å²) in [5, 5.41) is 3.31. The van der Waals surface area contributed by atoms with Crippen LogP contribution in [0.4, 0.5) is 17.3 Å². The molecule has 0 spiro atoms. The summed E-state index contributed by atoms with van der Waals surface area (Å²) in [4.78, 5) is 45.4. The van der Waals surface area contributed by atoms with Gasteiger partial charge in [0.05, 0.1) is 37.1 Å². The number of carbonyl (C=O) groups excluding carboxylic acids is 2. The van der Waals surface area contributed by atoms with Crippen LogP contribution in [0.2, 0.25) is 0 Å². The number of hydrogen-bond acceptors (Lipinski definition) is 8. The molecule has 0 saturated carbocycles. The van der Waals surface area contributed by atoms with Crippen LogP contribution in [-0.4, -0.2) is 95.9 Å². The fourth-order valence-corrected chi connectivity index (χ4v) is 7.11. The second-order valence-electron chi connectivity index (χ2n) is 13.1. The molecule has 10 nitrogen and oxygen atoms in total. The standard InChI is InChI=1S/C38H43N7O3/c1-26-8-4-5-9-28(26)25-45-33-11-7-6-10-31(33)36-29(23-35(45)46)24-39-38(41-36)40-32-13-12-27(22-34(32)48-3)37(47)44-16-14-30(15-17-44)43-20-18-42(2)19-21-43/h4-13,22,24,30H,14-21,23,25H2,1-3H3,(H,39,40,41). The van der Waals surface area contributed by atoms with Gasteiger partial charge in [-0.25, -0.2) is 9.97 Å². The molecule has 2 amide bonds. The highest BCUT2D eigenvalue weighted by Gasteiger charge is 2.30. The number of likely N-dealkylation sites (tertiary alicyclic amines) is 1. The van der Waals surface area contributed by atoms with Crippen LogP contribution in [0.3, 0.4) is 0 Å². The number of ether oxygens (including phenoxy) is 1. The van der Waals surface area contributed by atoms with E-state index >= 15 is 0 Å². The van der Waals surface area contributed by atoms with Gasteiger partial charge in [0.2, 0.25) is 11.9 Å².